The molecule has 2 heterocycles. The molecule has 0 unspecified atom stereocenters. The quantitative estimate of drug-likeness (QED) is 0.569. The summed E-state index contributed by atoms with van der Waals surface area (Å²) in [7, 11) is 3.20. The fourth-order valence-corrected chi connectivity index (χ4v) is 3.50. The molecular weight excluding hydrogens is 366 g/mol. The van der Waals surface area contributed by atoms with E-state index in [1.54, 1.807) is 31.2 Å². The van der Waals surface area contributed by atoms with Crippen molar-refractivity contribution in [3.05, 3.63) is 63.7 Å². The van der Waals surface area contributed by atoms with Crippen molar-refractivity contribution in [1.82, 2.24) is 14.5 Å². The maximum Gasteiger partial charge on any atom is 0.277 e. The van der Waals surface area contributed by atoms with Gasteiger partial charge in [0.05, 0.1) is 25.6 Å². The summed E-state index contributed by atoms with van der Waals surface area (Å²) < 4.78 is 12.2. The number of nitrogens with zero attached hydrogens (tertiary/aromatic N) is 2. The molecule has 0 aliphatic heterocycles. The molecule has 2 aromatic heterocycles. The molecule has 4 aromatic rings. The van der Waals surface area contributed by atoms with Crippen LogP contribution in [0.15, 0.2) is 47.5 Å². The van der Waals surface area contributed by atoms with E-state index in [1.165, 1.54) is 0 Å². The fraction of sp³-hybridized carbons (Fsp3) is 0.200. The Morgan fingerprint density at radius 2 is 1.96 bits per heavy atom. The second-order valence-electron chi connectivity index (χ2n) is 6.19. The molecular formula is C20H18ClN3O3. The number of benzene rings is 2. The van der Waals surface area contributed by atoms with Crippen molar-refractivity contribution in [3.8, 4) is 11.5 Å². The van der Waals surface area contributed by atoms with Crippen LogP contribution in [0, 0.1) is 0 Å². The summed E-state index contributed by atoms with van der Waals surface area (Å²) in [5.41, 5.74) is 2.79. The molecule has 0 aliphatic rings. The van der Waals surface area contributed by atoms with Crippen LogP contribution in [-0.4, -0.2) is 28.8 Å². The van der Waals surface area contributed by atoms with Crippen LogP contribution >= 0.6 is 11.6 Å². The first kappa shape index (κ1) is 17.4. The number of fused-ring (bicyclic) bond motifs is 3. The molecule has 6 nitrogen and oxygen atoms in total. The maximum absolute atomic E-state index is 12.9. The van der Waals surface area contributed by atoms with E-state index >= 15 is 0 Å². The number of nitrogens with one attached hydrogen (secondary N) is 1. The monoisotopic (exact) mass is 383 g/mol. The van der Waals surface area contributed by atoms with Crippen LogP contribution in [0.2, 0.25) is 5.02 Å². The standard InChI is InChI=1S/C20H18ClN3O3/c1-26-15-7-6-12(10-16(15)27-2)8-9-24-11-22-18-17-13(21)4-3-5-14(17)23-19(18)20(24)25/h3-7,10-11,23H,8-9H2,1-2H3. The lowest BCUT2D eigenvalue weighted by atomic mass is 10.1. The lowest BCUT2D eigenvalue weighted by Crippen LogP contribution is -2.21. The van der Waals surface area contributed by atoms with Gasteiger partial charge in [0.1, 0.15) is 11.0 Å². The number of hydrogen-bond acceptors (Lipinski definition) is 4. The van der Waals surface area contributed by atoms with E-state index in [4.69, 9.17) is 21.1 Å². The Kier molecular flexibility index (Phi) is 4.49. The summed E-state index contributed by atoms with van der Waals surface area (Å²) in [4.78, 5) is 20.5. The lowest BCUT2D eigenvalue weighted by molar-refractivity contribution is 0.354. The first-order chi connectivity index (χ1) is 13.1. The maximum atomic E-state index is 12.9. The van der Waals surface area contributed by atoms with Crippen molar-refractivity contribution in [3.63, 3.8) is 0 Å². The number of methoxy groups -OCH3 is 2. The highest BCUT2D eigenvalue weighted by atomic mass is 35.5. The Morgan fingerprint density at radius 1 is 1.15 bits per heavy atom. The molecule has 138 valence electrons. The molecule has 0 bridgehead atoms. The van der Waals surface area contributed by atoms with Gasteiger partial charge in [-0.05, 0) is 36.2 Å². The molecule has 4 rings (SSSR count). The van der Waals surface area contributed by atoms with E-state index in [-0.39, 0.29) is 5.56 Å². The lowest BCUT2D eigenvalue weighted by Gasteiger charge is -2.10. The molecule has 7 heteroatoms. The van der Waals surface area contributed by atoms with Gasteiger partial charge in [0, 0.05) is 17.4 Å². The summed E-state index contributed by atoms with van der Waals surface area (Å²) in [5, 5.41) is 1.35. The van der Waals surface area contributed by atoms with E-state index in [0.717, 1.165) is 16.5 Å². The molecule has 2 aromatic carbocycles. The summed E-state index contributed by atoms with van der Waals surface area (Å²) in [5.74, 6) is 1.35. The van der Waals surface area contributed by atoms with E-state index in [9.17, 15) is 4.79 Å². The van der Waals surface area contributed by atoms with Crippen molar-refractivity contribution in [1.29, 1.82) is 0 Å². The van der Waals surface area contributed by atoms with Crippen LogP contribution in [0.3, 0.4) is 0 Å². The van der Waals surface area contributed by atoms with Gasteiger partial charge in [-0.1, -0.05) is 23.7 Å². The number of ether oxygens (including phenoxy) is 2. The van der Waals surface area contributed by atoms with E-state index in [0.29, 0.717) is 40.5 Å². The third kappa shape index (κ3) is 3.02. The van der Waals surface area contributed by atoms with Crippen molar-refractivity contribution < 1.29 is 9.47 Å². The Balaban J connectivity index is 1.67. The smallest absolute Gasteiger partial charge is 0.277 e. The van der Waals surface area contributed by atoms with Crippen molar-refractivity contribution in [2.75, 3.05) is 14.2 Å². The first-order valence-corrected chi connectivity index (χ1v) is 8.86. The Bertz CT molecular complexity index is 1200. The number of halogens is 1. The Labute approximate surface area is 160 Å². The van der Waals surface area contributed by atoms with Crippen LogP contribution in [0.1, 0.15) is 5.56 Å². The molecule has 0 spiro atoms. The molecule has 0 saturated carbocycles. The number of aryl methyl sites for hydroxylation is 2. The van der Waals surface area contributed by atoms with E-state index < -0.39 is 0 Å². The zero-order valence-electron chi connectivity index (χ0n) is 15.0. The normalized spacial score (nSPS) is 11.2. The minimum absolute atomic E-state index is 0.118. The highest BCUT2D eigenvalue weighted by molar-refractivity contribution is 6.37. The van der Waals surface area contributed by atoms with Gasteiger partial charge in [-0.2, -0.15) is 0 Å². The third-order valence-corrected chi connectivity index (χ3v) is 4.95. The van der Waals surface area contributed by atoms with Gasteiger partial charge < -0.3 is 14.5 Å². The molecule has 0 fully saturated rings. The van der Waals surface area contributed by atoms with E-state index in [2.05, 4.69) is 9.97 Å². The molecule has 0 saturated heterocycles. The predicted molar refractivity (Wildman–Crippen MR) is 106 cm³/mol. The first-order valence-electron chi connectivity index (χ1n) is 8.48. The summed E-state index contributed by atoms with van der Waals surface area (Å²) in [6.07, 6.45) is 2.23. The van der Waals surface area contributed by atoms with Gasteiger partial charge in [0.25, 0.3) is 5.56 Å². The van der Waals surface area contributed by atoms with Crippen LogP contribution in [0.4, 0.5) is 0 Å². The largest absolute Gasteiger partial charge is 0.493 e. The SMILES string of the molecule is COc1ccc(CCn2cnc3c([nH]c4cccc(Cl)c43)c2=O)cc1OC. The highest BCUT2D eigenvalue weighted by Gasteiger charge is 2.13. The second kappa shape index (κ2) is 6.96. The van der Waals surface area contributed by atoms with Crippen molar-refractivity contribution >= 4 is 33.5 Å². The zero-order valence-corrected chi connectivity index (χ0v) is 15.7. The summed E-state index contributed by atoms with van der Waals surface area (Å²) >= 11 is 6.27. The van der Waals surface area contributed by atoms with Gasteiger partial charge in [0.15, 0.2) is 11.5 Å². The van der Waals surface area contributed by atoms with Gasteiger partial charge in [0.2, 0.25) is 0 Å². The highest BCUT2D eigenvalue weighted by Crippen LogP contribution is 2.29. The van der Waals surface area contributed by atoms with Crippen LogP contribution in [0.5, 0.6) is 11.5 Å². The van der Waals surface area contributed by atoms with E-state index in [1.807, 2.05) is 30.3 Å². The molecule has 0 radical (unpaired) electrons. The van der Waals surface area contributed by atoms with Crippen LogP contribution in [-0.2, 0) is 13.0 Å². The van der Waals surface area contributed by atoms with Crippen LogP contribution in [0.25, 0.3) is 21.9 Å². The number of aromatic amines is 1. The van der Waals surface area contributed by atoms with Crippen molar-refractivity contribution in [2.45, 2.75) is 13.0 Å². The minimum atomic E-state index is -0.118. The average Bonchev–Trinajstić information content (AvgIpc) is 3.08. The van der Waals surface area contributed by atoms with Crippen molar-refractivity contribution in [2.24, 2.45) is 0 Å². The molecule has 1 N–H and O–H groups in total. The number of rotatable bonds is 5. The van der Waals surface area contributed by atoms with Gasteiger partial charge in [-0.15, -0.1) is 0 Å². The van der Waals surface area contributed by atoms with Gasteiger partial charge in [-0.25, -0.2) is 4.98 Å². The second-order valence-corrected chi connectivity index (χ2v) is 6.60. The third-order valence-electron chi connectivity index (χ3n) is 4.64. The van der Waals surface area contributed by atoms with Crippen LogP contribution < -0.4 is 15.0 Å². The zero-order chi connectivity index (χ0) is 19.0. The topological polar surface area (TPSA) is 69.1 Å². The Hall–Kier alpha value is -2.99. The average molecular weight is 384 g/mol. The van der Waals surface area contributed by atoms with Gasteiger partial charge >= 0.3 is 0 Å². The number of H-pyrrole nitrogens is 1. The molecule has 0 aliphatic carbocycles. The molecule has 0 amide bonds. The minimum Gasteiger partial charge on any atom is -0.493 e. The number of aromatic nitrogens is 3. The molecule has 0 atom stereocenters. The Morgan fingerprint density at radius 3 is 2.74 bits per heavy atom. The van der Waals surface area contributed by atoms with Gasteiger partial charge in [-0.3, -0.25) is 9.36 Å². The summed E-state index contributed by atoms with van der Waals surface area (Å²) in [6.45, 7) is 0.500. The number of hydrogen-bond donors (Lipinski definition) is 1. The fourth-order valence-electron chi connectivity index (χ4n) is 3.24. The molecule has 27 heavy (non-hydrogen) atoms. The summed E-state index contributed by atoms with van der Waals surface area (Å²) in [6, 6.07) is 11.3. The predicted octanol–water partition coefficient (Wildman–Crippen LogP) is 3.79.